The van der Waals surface area contributed by atoms with Gasteiger partial charge in [0.1, 0.15) is 0 Å². The fourth-order valence-electron chi connectivity index (χ4n) is 2.00. The van der Waals surface area contributed by atoms with Crippen LogP contribution in [0.15, 0.2) is 17.7 Å². The molecular formula is C13H17NS. The van der Waals surface area contributed by atoms with Gasteiger partial charge in [-0.1, -0.05) is 24.6 Å². The van der Waals surface area contributed by atoms with Gasteiger partial charge < -0.3 is 0 Å². The van der Waals surface area contributed by atoms with Crippen molar-refractivity contribution in [2.75, 3.05) is 0 Å². The van der Waals surface area contributed by atoms with Crippen LogP contribution in [0.1, 0.15) is 41.8 Å². The van der Waals surface area contributed by atoms with E-state index in [4.69, 9.17) is 0 Å². The van der Waals surface area contributed by atoms with Crippen molar-refractivity contribution in [3.05, 3.63) is 33.3 Å². The monoisotopic (exact) mass is 219 g/mol. The Balaban J connectivity index is 2.30. The summed E-state index contributed by atoms with van der Waals surface area (Å²) < 4.78 is 0. The van der Waals surface area contributed by atoms with Crippen LogP contribution in [-0.2, 0) is 0 Å². The van der Waals surface area contributed by atoms with Crippen LogP contribution < -0.4 is 0 Å². The largest absolute Gasteiger partial charge is 0.242 e. The van der Waals surface area contributed by atoms with E-state index in [9.17, 15) is 0 Å². The molecule has 1 aliphatic rings. The Morgan fingerprint density at radius 1 is 1.27 bits per heavy atom. The van der Waals surface area contributed by atoms with E-state index in [0.717, 1.165) is 6.42 Å². The quantitative estimate of drug-likeness (QED) is 0.723. The van der Waals surface area contributed by atoms with E-state index < -0.39 is 0 Å². The average Bonchev–Trinajstić information content (AvgIpc) is 2.58. The van der Waals surface area contributed by atoms with Crippen molar-refractivity contribution < 1.29 is 0 Å². The molecule has 0 unspecified atom stereocenters. The molecule has 2 heteroatoms. The molecule has 1 aromatic rings. The van der Waals surface area contributed by atoms with Crippen molar-refractivity contribution in [1.29, 1.82) is 0 Å². The second-order valence-corrected chi connectivity index (χ2v) is 5.42. The van der Waals surface area contributed by atoms with Gasteiger partial charge >= 0.3 is 0 Å². The standard InChI is InChI=1S/C13H17NS/c1-4-11-5-7-12(8-6-11)13-9(2)15-10(3)14-13/h5,7H,4,6,8H2,1-3H3. The van der Waals surface area contributed by atoms with Crippen LogP contribution >= 0.6 is 11.3 Å². The first kappa shape index (κ1) is 10.6. The SMILES string of the molecule is CCC1=CC=C(c2nc(C)sc2C)CC1. The highest BCUT2D eigenvalue weighted by molar-refractivity contribution is 7.11. The molecule has 1 aromatic heterocycles. The number of rotatable bonds is 2. The summed E-state index contributed by atoms with van der Waals surface area (Å²) in [7, 11) is 0. The first-order valence-electron chi connectivity index (χ1n) is 5.53. The van der Waals surface area contributed by atoms with Crippen molar-refractivity contribution in [2.45, 2.75) is 40.0 Å². The van der Waals surface area contributed by atoms with Crippen molar-refractivity contribution >= 4 is 16.9 Å². The summed E-state index contributed by atoms with van der Waals surface area (Å²) in [6, 6.07) is 0. The zero-order chi connectivity index (χ0) is 10.8. The minimum atomic E-state index is 1.16. The molecule has 1 nitrogen and oxygen atoms in total. The first-order chi connectivity index (χ1) is 7.20. The number of aromatic nitrogens is 1. The molecule has 0 saturated carbocycles. The smallest absolute Gasteiger partial charge is 0.0904 e. The third-order valence-corrected chi connectivity index (χ3v) is 3.78. The minimum absolute atomic E-state index is 1.16. The molecule has 80 valence electrons. The predicted molar refractivity (Wildman–Crippen MR) is 67.2 cm³/mol. The van der Waals surface area contributed by atoms with Crippen molar-refractivity contribution in [1.82, 2.24) is 4.98 Å². The molecule has 1 aliphatic carbocycles. The maximum Gasteiger partial charge on any atom is 0.0904 e. The number of aryl methyl sites for hydroxylation is 2. The summed E-state index contributed by atoms with van der Waals surface area (Å²) >= 11 is 1.80. The average molecular weight is 219 g/mol. The van der Waals surface area contributed by atoms with Gasteiger partial charge in [0.15, 0.2) is 0 Å². The Morgan fingerprint density at radius 2 is 2.07 bits per heavy atom. The van der Waals surface area contributed by atoms with Gasteiger partial charge in [-0.15, -0.1) is 11.3 Å². The highest BCUT2D eigenvalue weighted by atomic mass is 32.1. The zero-order valence-corrected chi connectivity index (χ0v) is 10.4. The molecular weight excluding hydrogens is 202 g/mol. The van der Waals surface area contributed by atoms with Crippen molar-refractivity contribution in [2.24, 2.45) is 0 Å². The van der Waals surface area contributed by atoms with Gasteiger partial charge in [-0.3, -0.25) is 0 Å². The second kappa shape index (κ2) is 4.31. The molecule has 15 heavy (non-hydrogen) atoms. The maximum atomic E-state index is 4.61. The highest BCUT2D eigenvalue weighted by Crippen LogP contribution is 2.31. The molecule has 0 radical (unpaired) electrons. The van der Waals surface area contributed by atoms with E-state index in [1.807, 2.05) is 0 Å². The van der Waals surface area contributed by atoms with Crippen molar-refractivity contribution in [3.8, 4) is 0 Å². The molecule has 0 spiro atoms. The van der Waals surface area contributed by atoms with E-state index in [2.05, 4.69) is 37.9 Å². The van der Waals surface area contributed by atoms with Gasteiger partial charge in [0, 0.05) is 4.88 Å². The van der Waals surface area contributed by atoms with Gasteiger partial charge in [-0.2, -0.15) is 0 Å². The molecule has 0 aliphatic heterocycles. The summed E-state index contributed by atoms with van der Waals surface area (Å²) in [6.07, 6.45) is 8.07. The van der Waals surface area contributed by atoms with Gasteiger partial charge in [0.05, 0.1) is 10.7 Å². The summed E-state index contributed by atoms with van der Waals surface area (Å²) in [5.41, 5.74) is 4.20. The highest BCUT2D eigenvalue weighted by Gasteiger charge is 2.12. The Labute approximate surface area is 95.6 Å². The van der Waals surface area contributed by atoms with Crippen LogP contribution in [0.4, 0.5) is 0 Å². The van der Waals surface area contributed by atoms with Crippen LogP contribution in [0.5, 0.6) is 0 Å². The van der Waals surface area contributed by atoms with Gasteiger partial charge in [0.25, 0.3) is 0 Å². The van der Waals surface area contributed by atoms with Crippen LogP contribution in [0.25, 0.3) is 5.57 Å². The molecule has 0 fully saturated rings. The normalized spacial score (nSPS) is 16.2. The number of allylic oxidation sites excluding steroid dienone is 4. The molecule has 1 heterocycles. The second-order valence-electron chi connectivity index (χ2n) is 4.01. The number of hydrogen-bond donors (Lipinski definition) is 0. The van der Waals surface area contributed by atoms with Gasteiger partial charge in [-0.05, 0) is 38.7 Å². The molecule has 2 rings (SSSR count). The Morgan fingerprint density at radius 3 is 2.53 bits per heavy atom. The van der Waals surface area contributed by atoms with E-state index in [-0.39, 0.29) is 0 Å². The molecule has 0 N–H and O–H groups in total. The molecule has 0 amide bonds. The lowest BCUT2D eigenvalue weighted by atomic mass is 9.95. The fourth-order valence-corrected chi connectivity index (χ4v) is 2.85. The van der Waals surface area contributed by atoms with E-state index in [1.165, 1.54) is 34.0 Å². The summed E-state index contributed by atoms with van der Waals surface area (Å²) in [5.74, 6) is 0. The maximum absolute atomic E-state index is 4.61. The van der Waals surface area contributed by atoms with Crippen LogP contribution in [0, 0.1) is 13.8 Å². The fraction of sp³-hybridized carbons (Fsp3) is 0.462. The van der Waals surface area contributed by atoms with Crippen molar-refractivity contribution in [3.63, 3.8) is 0 Å². The van der Waals surface area contributed by atoms with E-state index in [0.29, 0.717) is 0 Å². The lowest BCUT2D eigenvalue weighted by Crippen LogP contribution is -1.94. The molecule has 0 saturated heterocycles. The van der Waals surface area contributed by atoms with Crippen LogP contribution in [0.2, 0.25) is 0 Å². The number of thiazole rings is 1. The summed E-state index contributed by atoms with van der Waals surface area (Å²) in [5, 5.41) is 1.17. The Kier molecular flexibility index (Phi) is 3.06. The van der Waals surface area contributed by atoms with E-state index >= 15 is 0 Å². The molecule has 0 atom stereocenters. The molecule has 0 bridgehead atoms. The predicted octanol–water partition coefficient (Wildman–Crippen LogP) is 4.27. The first-order valence-corrected chi connectivity index (χ1v) is 6.35. The third kappa shape index (κ3) is 2.20. The summed E-state index contributed by atoms with van der Waals surface area (Å²) in [6.45, 7) is 6.47. The lowest BCUT2D eigenvalue weighted by Gasteiger charge is -2.12. The van der Waals surface area contributed by atoms with Crippen LogP contribution in [0.3, 0.4) is 0 Å². The topological polar surface area (TPSA) is 12.9 Å². The van der Waals surface area contributed by atoms with Gasteiger partial charge in [0.2, 0.25) is 0 Å². The number of hydrogen-bond acceptors (Lipinski definition) is 2. The summed E-state index contributed by atoms with van der Waals surface area (Å²) in [4.78, 5) is 5.96. The third-order valence-electron chi connectivity index (χ3n) is 2.90. The molecule has 0 aromatic carbocycles. The van der Waals surface area contributed by atoms with E-state index in [1.54, 1.807) is 16.9 Å². The Bertz CT molecular complexity index is 424. The minimum Gasteiger partial charge on any atom is -0.242 e. The number of nitrogens with zero attached hydrogens (tertiary/aromatic N) is 1. The van der Waals surface area contributed by atoms with Gasteiger partial charge in [-0.25, -0.2) is 4.98 Å². The zero-order valence-electron chi connectivity index (χ0n) is 9.63. The lowest BCUT2D eigenvalue weighted by molar-refractivity contribution is 0.902. The van der Waals surface area contributed by atoms with Crippen LogP contribution in [-0.4, -0.2) is 4.98 Å². The Hall–Kier alpha value is -0.890.